The second kappa shape index (κ2) is 9.11. The molecule has 0 aliphatic heterocycles. The second-order valence-corrected chi connectivity index (χ2v) is 5.99. The van der Waals surface area contributed by atoms with Gasteiger partial charge in [-0.2, -0.15) is 0 Å². The summed E-state index contributed by atoms with van der Waals surface area (Å²) in [6.07, 6.45) is 2.07. The van der Waals surface area contributed by atoms with Gasteiger partial charge in [0.15, 0.2) is 5.82 Å². The Labute approximate surface area is 129 Å². The van der Waals surface area contributed by atoms with Crippen molar-refractivity contribution in [2.75, 3.05) is 13.2 Å². The third kappa shape index (κ3) is 5.71. The van der Waals surface area contributed by atoms with Gasteiger partial charge in [0.2, 0.25) is 0 Å². The Morgan fingerprint density at radius 2 is 1.71 bits per heavy atom. The molecule has 0 saturated heterocycles. The number of ether oxygens (including phenoxy) is 1. The molecule has 21 heavy (non-hydrogen) atoms. The van der Waals surface area contributed by atoms with E-state index in [-0.39, 0.29) is 6.10 Å². The van der Waals surface area contributed by atoms with E-state index in [9.17, 15) is 0 Å². The first-order valence-corrected chi connectivity index (χ1v) is 8.15. The van der Waals surface area contributed by atoms with Crippen molar-refractivity contribution in [1.82, 2.24) is 15.3 Å². The van der Waals surface area contributed by atoms with Gasteiger partial charge in [0.05, 0.1) is 0 Å². The lowest BCUT2D eigenvalue weighted by Crippen LogP contribution is -2.21. The van der Waals surface area contributed by atoms with Crippen molar-refractivity contribution >= 4 is 0 Å². The molecule has 1 aromatic rings. The molecule has 0 aromatic carbocycles. The highest BCUT2D eigenvalue weighted by molar-refractivity contribution is 5.24. The van der Waals surface area contributed by atoms with Crippen LogP contribution in [0.3, 0.4) is 0 Å². The molecule has 1 N–H and O–H groups in total. The van der Waals surface area contributed by atoms with E-state index in [2.05, 4.69) is 39.9 Å². The van der Waals surface area contributed by atoms with E-state index >= 15 is 0 Å². The molecule has 0 aliphatic rings. The van der Waals surface area contributed by atoms with E-state index in [1.165, 1.54) is 5.56 Å². The average molecular weight is 293 g/mol. The number of hydrogen-bond acceptors (Lipinski definition) is 4. The second-order valence-electron chi connectivity index (χ2n) is 5.99. The fourth-order valence-electron chi connectivity index (χ4n) is 2.40. The fourth-order valence-corrected chi connectivity index (χ4v) is 2.40. The summed E-state index contributed by atoms with van der Waals surface area (Å²) in [7, 11) is 0. The molecule has 1 heterocycles. The normalized spacial score (nSPS) is 12.9. The molecule has 4 nitrogen and oxygen atoms in total. The Kier molecular flexibility index (Phi) is 7.83. The van der Waals surface area contributed by atoms with Crippen LogP contribution in [0.1, 0.15) is 69.4 Å². The number of hydrogen-bond donors (Lipinski definition) is 1. The van der Waals surface area contributed by atoms with E-state index in [0.717, 1.165) is 43.1 Å². The van der Waals surface area contributed by atoms with Crippen LogP contribution in [0.4, 0.5) is 0 Å². The van der Waals surface area contributed by atoms with Gasteiger partial charge in [0, 0.05) is 30.1 Å². The van der Waals surface area contributed by atoms with Gasteiger partial charge in [-0.05, 0) is 39.7 Å². The summed E-state index contributed by atoms with van der Waals surface area (Å²) in [4.78, 5) is 9.39. The Morgan fingerprint density at radius 3 is 2.19 bits per heavy atom. The van der Waals surface area contributed by atoms with Gasteiger partial charge in [0.25, 0.3) is 0 Å². The summed E-state index contributed by atoms with van der Waals surface area (Å²) < 4.78 is 5.79. The van der Waals surface area contributed by atoms with Crippen LogP contribution in [0.15, 0.2) is 0 Å². The van der Waals surface area contributed by atoms with Crippen LogP contribution in [-0.2, 0) is 11.3 Å². The molecule has 0 fully saturated rings. The van der Waals surface area contributed by atoms with Crippen molar-refractivity contribution in [1.29, 1.82) is 0 Å². The van der Waals surface area contributed by atoms with E-state index < -0.39 is 0 Å². The third-order valence-corrected chi connectivity index (χ3v) is 3.50. The molecule has 0 saturated carbocycles. The highest BCUT2D eigenvalue weighted by Crippen LogP contribution is 2.21. The minimum atomic E-state index is 0.0232. The SMILES string of the molecule is CCCC(OCC)c1nc(C)c(CNCC(C)C)c(C)n1. The standard InChI is InChI=1S/C17H31N3O/c1-7-9-16(21-8-2)17-19-13(5)15(14(6)20-17)11-18-10-12(3)4/h12,16,18H,7-11H2,1-6H3. The highest BCUT2D eigenvalue weighted by Gasteiger charge is 2.17. The Bertz CT molecular complexity index is 403. The van der Waals surface area contributed by atoms with Gasteiger partial charge in [-0.1, -0.05) is 27.2 Å². The zero-order valence-corrected chi connectivity index (χ0v) is 14.5. The molecule has 0 radical (unpaired) electrons. The van der Waals surface area contributed by atoms with E-state index in [4.69, 9.17) is 14.7 Å². The van der Waals surface area contributed by atoms with Gasteiger partial charge in [-0.3, -0.25) is 0 Å². The largest absolute Gasteiger partial charge is 0.371 e. The molecular formula is C17H31N3O. The lowest BCUT2D eigenvalue weighted by Gasteiger charge is -2.18. The van der Waals surface area contributed by atoms with Crippen LogP contribution in [0, 0.1) is 19.8 Å². The molecule has 120 valence electrons. The van der Waals surface area contributed by atoms with E-state index in [1.807, 2.05) is 6.92 Å². The molecule has 4 heteroatoms. The summed E-state index contributed by atoms with van der Waals surface area (Å²) in [5.41, 5.74) is 3.34. The lowest BCUT2D eigenvalue weighted by atomic mass is 10.1. The highest BCUT2D eigenvalue weighted by atomic mass is 16.5. The Morgan fingerprint density at radius 1 is 1.10 bits per heavy atom. The van der Waals surface area contributed by atoms with Crippen LogP contribution in [-0.4, -0.2) is 23.1 Å². The zero-order valence-electron chi connectivity index (χ0n) is 14.5. The predicted molar refractivity (Wildman–Crippen MR) is 87.3 cm³/mol. The summed E-state index contributed by atoms with van der Waals surface area (Å²) >= 11 is 0. The first-order chi connectivity index (χ1) is 9.99. The molecule has 0 aliphatic carbocycles. The van der Waals surface area contributed by atoms with Gasteiger partial charge in [-0.15, -0.1) is 0 Å². The topological polar surface area (TPSA) is 47.0 Å². The molecule has 0 bridgehead atoms. The zero-order chi connectivity index (χ0) is 15.8. The third-order valence-electron chi connectivity index (χ3n) is 3.50. The molecular weight excluding hydrogens is 262 g/mol. The van der Waals surface area contributed by atoms with E-state index in [1.54, 1.807) is 0 Å². The number of aryl methyl sites for hydroxylation is 2. The van der Waals surface area contributed by atoms with Gasteiger partial charge >= 0.3 is 0 Å². The van der Waals surface area contributed by atoms with Crippen molar-refractivity contribution in [3.63, 3.8) is 0 Å². The lowest BCUT2D eigenvalue weighted by molar-refractivity contribution is 0.0491. The number of aromatic nitrogens is 2. The van der Waals surface area contributed by atoms with Crippen LogP contribution in [0.25, 0.3) is 0 Å². The molecule has 1 rings (SSSR count). The minimum Gasteiger partial charge on any atom is -0.371 e. The summed E-state index contributed by atoms with van der Waals surface area (Å²) in [6, 6.07) is 0. The maximum atomic E-state index is 5.79. The van der Waals surface area contributed by atoms with Crippen LogP contribution in [0.5, 0.6) is 0 Å². The smallest absolute Gasteiger partial charge is 0.157 e. The molecule has 1 unspecified atom stereocenters. The van der Waals surface area contributed by atoms with Gasteiger partial charge in [0.1, 0.15) is 6.10 Å². The number of nitrogens with one attached hydrogen (secondary N) is 1. The van der Waals surface area contributed by atoms with Crippen molar-refractivity contribution in [2.45, 2.75) is 67.0 Å². The quantitative estimate of drug-likeness (QED) is 0.754. The summed E-state index contributed by atoms with van der Waals surface area (Å²) in [5, 5.41) is 3.47. The molecule has 1 aromatic heterocycles. The Hall–Kier alpha value is -1.00. The molecule has 1 atom stereocenters. The fraction of sp³-hybridized carbons (Fsp3) is 0.765. The first-order valence-electron chi connectivity index (χ1n) is 8.15. The minimum absolute atomic E-state index is 0.0232. The predicted octanol–water partition coefficient (Wildman–Crippen LogP) is 3.72. The van der Waals surface area contributed by atoms with Crippen molar-refractivity contribution < 1.29 is 4.74 Å². The van der Waals surface area contributed by atoms with E-state index in [0.29, 0.717) is 12.5 Å². The van der Waals surface area contributed by atoms with Gasteiger partial charge in [-0.25, -0.2) is 9.97 Å². The van der Waals surface area contributed by atoms with Crippen LogP contribution in [0.2, 0.25) is 0 Å². The van der Waals surface area contributed by atoms with Crippen molar-refractivity contribution in [3.05, 3.63) is 22.8 Å². The summed E-state index contributed by atoms with van der Waals surface area (Å²) in [6.45, 7) is 15.3. The maximum absolute atomic E-state index is 5.79. The number of nitrogens with zero attached hydrogens (tertiary/aromatic N) is 2. The maximum Gasteiger partial charge on any atom is 0.157 e. The number of rotatable bonds is 9. The Balaban J connectivity index is 2.86. The molecule has 0 spiro atoms. The first kappa shape index (κ1) is 18.1. The van der Waals surface area contributed by atoms with Crippen LogP contribution < -0.4 is 5.32 Å². The average Bonchev–Trinajstić information content (AvgIpc) is 2.41. The monoisotopic (exact) mass is 293 g/mol. The van der Waals surface area contributed by atoms with Crippen molar-refractivity contribution in [2.24, 2.45) is 5.92 Å². The molecule has 0 amide bonds. The van der Waals surface area contributed by atoms with Gasteiger partial charge < -0.3 is 10.1 Å². The summed E-state index contributed by atoms with van der Waals surface area (Å²) in [5.74, 6) is 1.49. The van der Waals surface area contributed by atoms with Crippen molar-refractivity contribution in [3.8, 4) is 0 Å². The van der Waals surface area contributed by atoms with Crippen LogP contribution >= 0.6 is 0 Å².